The topological polar surface area (TPSA) is 68.0 Å². The summed E-state index contributed by atoms with van der Waals surface area (Å²) < 4.78 is 5.21. The van der Waals surface area contributed by atoms with Gasteiger partial charge in [0.2, 0.25) is 11.7 Å². The predicted octanol–water partition coefficient (Wildman–Crippen LogP) is 3.08. The van der Waals surface area contributed by atoms with Crippen molar-refractivity contribution in [3.8, 4) is 11.4 Å². The molecule has 0 fully saturated rings. The molecular formula is C16H15N3O2S. The highest BCUT2D eigenvalue weighted by molar-refractivity contribution is 7.12. The number of nitrogens with zero attached hydrogens (tertiary/aromatic N) is 2. The Kier molecular flexibility index (Phi) is 4.29. The molecule has 0 unspecified atom stereocenters. The fraction of sp³-hybridized carbons (Fsp3) is 0.188. The summed E-state index contributed by atoms with van der Waals surface area (Å²) in [5, 5.41) is 8.68. The van der Waals surface area contributed by atoms with E-state index in [0.29, 0.717) is 29.6 Å². The van der Waals surface area contributed by atoms with Crippen molar-refractivity contribution >= 4 is 17.2 Å². The van der Waals surface area contributed by atoms with Gasteiger partial charge in [0.25, 0.3) is 5.91 Å². The lowest BCUT2D eigenvalue weighted by molar-refractivity contribution is 0.0957. The lowest BCUT2D eigenvalue weighted by Gasteiger charge is -2.00. The molecule has 0 saturated carbocycles. The summed E-state index contributed by atoms with van der Waals surface area (Å²) in [5.74, 6) is 1.01. The maximum Gasteiger partial charge on any atom is 0.261 e. The van der Waals surface area contributed by atoms with E-state index in [1.165, 1.54) is 16.9 Å². The van der Waals surface area contributed by atoms with E-state index >= 15 is 0 Å². The summed E-state index contributed by atoms with van der Waals surface area (Å²) in [6.45, 7) is 2.49. The molecule has 1 N–H and O–H groups in total. The first-order valence-electron chi connectivity index (χ1n) is 6.94. The molecule has 0 radical (unpaired) electrons. The summed E-state index contributed by atoms with van der Waals surface area (Å²) in [5.41, 5.74) is 2.10. The van der Waals surface area contributed by atoms with Gasteiger partial charge in [-0.1, -0.05) is 41.1 Å². The van der Waals surface area contributed by atoms with Gasteiger partial charge in [0.05, 0.1) is 4.88 Å². The molecule has 1 amide bonds. The molecule has 22 heavy (non-hydrogen) atoms. The van der Waals surface area contributed by atoms with Gasteiger partial charge in [-0.05, 0) is 18.4 Å². The van der Waals surface area contributed by atoms with Crippen LogP contribution in [0, 0.1) is 6.92 Å². The Morgan fingerprint density at radius 1 is 1.27 bits per heavy atom. The van der Waals surface area contributed by atoms with E-state index in [1.807, 2.05) is 42.6 Å². The van der Waals surface area contributed by atoms with Gasteiger partial charge in [-0.2, -0.15) is 4.98 Å². The van der Waals surface area contributed by atoms with Gasteiger partial charge >= 0.3 is 0 Å². The Morgan fingerprint density at radius 2 is 2.09 bits per heavy atom. The number of aryl methyl sites for hydroxylation is 1. The number of carbonyl (C=O) groups excluding carboxylic acids is 1. The van der Waals surface area contributed by atoms with Gasteiger partial charge in [0, 0.05) is 18.5 Å². The standard InChI is InChI=1S/C16H15N3O2S/c1-11-4-6-12(7-5-11)15-18-14(21-19-15)8-9-17-16(20)13-3-2-10-22-13/h2-7,10H,8-9H2,1H3,(H,17,20). The molecule has 0 bridgehead atoms. The third-order valence-corrected chi connectivity index (χ3v) is 4.02. The SMILES string of the molecule is Cc1ccc(-c2noc(CCNC(=O)c3cccs3)n2)cc1. The fourth-order valence-corrected chi connectivity index (χ4v) is 2.59. The monoisotopic (exact) mass is 313 g/mol. The van der Waals surface area contributed by atoms with E-state index in [-0.39, 0.29) is 5.91 Å². The lowest BCUT2D eigenvalue weighted by atomic mass is 10.1. The van der Waals surface area contributed by atoms with Crippen LogP contribution in [0.15, 0.2) is 46.3 Å². The smallest absolute Gasteiger partial charge is 0.261 e. The zero-order valence-electron chi connectivity index (χ0n) is 12.1. The molecule has 2 heterocycles. The predicted molar refractivity (Wildman–Crippen MR) is 84.8 cm³/mol. The zero-order valence-corrected chi connectivity index (χ0v) is 12.9. The highest BCUT2D eigenvalue weighted by atomic mass is 32.1. The molecule has 2 aromatic heterocycles. The van der Waals surface area contributed by atoms with Crippen molar-refractivity contribution < 1.29 is 9.32 Å². The number of rotatable bonds is 5. The van der Waals surface area contributed by atoms with E-state index in [9.17, 15) is 4.79 Å². The van der Waals surface area contributed by atoms with E-state index in [1.54, 1.807) is 6.07 Å². The van der Waals surface area contributed by atoms with Crippen LogP contribution in [0.5, 0.6) is 0 Å². The molecule has 0 saturated heterocycles. The van der Waals surface area contributed by atoms with Crippen molar-refractivity contribution in [3.63, 3.8) is 0 Å². The number of carbonyl (C=O) groups is 1. The molecule has 1 aromatic carbocycles. The number of nitrogens with one attached hydrogen (secondary N) is 1. The fourth-order valence-electron chi connectivity index (χ4n) is 1.95. The second-order valence-corrected chi connectivity index (χ2v) is 5.81. The summed E-state index contributed by atoms with van der Waals surface area (Å²) in [7, 11) is 0. The molecule has 112 valence electrons. The molecule has 3 rings (SSSR count). The van der Waals surface area contributed by atoms with Crippen LogP contribution in [0.4, 0.5) is 0 Å². The minimum atomic E-state index is -0.0757. The number of hydrogen-bond acceptors (Lipinski definition) is 5. The van der Waals surface area contributed by atoms with Crippen LogP contribution in [-0.4, -0.2) is 22.6 Å². The van der Waals surface area contributed by atoms with E-state index in [4.69, 9.17) is 4.52 Å². The minimum absolute atomic E-state index is 0.0757. The van der Waals surface area contributed by atoms with Crippen LogP contribution in [-0.2, 0) is 6.42 Å². The van der Waals surface area contributed by atoms with Crippen LogP contribution in [0.3, 0.4) is 0 Å². The molecule has 5 nitrogen and oxygen atoms in total. The van der Waals surface area contributed by atoms with E-state index in [0.717, 1.165) is 5.56 Å². The summed E-state index contributed by atoms with van der Waals surface area (Å²) in [6, 6.07) is 11.6. The van der Waals surface area contributed by atoms with Crippen LogP contribution in [0.25, 0.3) is 11.4 Å². The summed E-state index contributed by atoms with van der Waals surface area (Å²) in [4.78, 5) is 16.8. The molecular weight excluding hydrogens is 298 g/mol. The van der Waals surface area contributed by atoms with Crippen molar-refractivity contribution in [2.75, 3.05) is 6.54 Å². The Hall–Kier alpha value is -2.47. The van der Waals surface area contributed by atoms with E-state index < -0.39 is 0 Å². The number of amides is 1. The third kappa shape index (κ3) is 3.40. The molecule has 3 aromatic rings. The third-order valence-electron chi connectivity index (χ3n) is 3.15. The number of benzene rings is 1. The van der Waals surface area contributed by atoms with Gasteiger partial charge in [-0.15, -0.1) is 11.3 Å². The lowest BCUT2D eigenvalue weighted by Crippen LogP contribution is -2.24. The van der Waals surface area contributed by atoms with Gasteiger partial charge in [0.15, 0.2) is 0 Å². The van der Waals surface area contributed by atoms with Crippen molar-refractivity contribution in [3.05, 3.63) is 58.1 Å². The normalized spacial score (nSPS) is 10.6. The zero-order chi connectivity index (χ0) is 15.4. The van der Waals surface area contributed by atoms with Gasteiger partial charge in [0.1, 0.15) is 0 Å². The second kappa shape index (κ2) is 6.53. The maximum absolute atomic E-state index is 11.8. The quantitative estimate of drug-likeness (QED) is 0.786. The highest BCUT2D eigenvalue weighted by Crippen LogP contribution is 2.16. The minimum Gasteiger partial charge on any atom is -0.351 e. The van der Waals surface area contributed by atoms with Crippen molar-refractivity contribution in [2.24, 2.45) is 0 Å². The first-order valence-corrected chi connectivity index (χ1v) is 7.81. The highest BCUT2D eigenvalue weighted by Gasteiger charge is 2.10. The Morgan fingerprint density at radius 3 is 2.82 bits per heavy atom. The average Bonchev–Trinajstić information content (AvgIpc) is 3.19. The van der Waals surface area contributed by atoms with Gasteiger partial charge in [-0.3, -0.25) is 4.79 Å². The van der Waals surface area contributed by atoms with Crippen molar-refractivity contribution in [1.82, 2.24) is 15.5 Å². The molecule has 0 aliphatic heterocycles. The molecule has 0 atom stereocenters. The van der Waals surface area contributed by atoms with Gasteiger partial charge in [-0.25, -0.2) is 0 Å². The number of thiophene rings is 1. The average molecular weight is 313 g/mol. The Balaban J connectivity index is 1.56. The van der Waals surface area contributed by atoms with Crippen LogP contribution in [0.1, 0.15) is 21.1 Å². The molecule has 0 aliphatic rings. The van der Waals surface area contributed by atoms with Crippen LogP contribution in [0.2, 0.25) is 0 Å². The van der Waals surface area contributed by atoms with Crippen LogP contribution >= 0.6 is 11.3 Å². The number of hydrogen-bond donors (Lipinski definition) is 1. The summed E-state index contributed by atoms with van der Waals surface area (Å²) >= 11 is 1.42. The second-order valence-electron chi connectivity index (χ2n) is 4.86. The first-order chi connectivity index (χ1) is 10.7. The Bertz CT molecular complexity index is 748. The Labute approximate surface area is 132 Å². The molecule has 6 heteroatoms. The van der Waals surface area contributed by atoms with Crippen molar-refractivity contribution in [1.29, 1.82) is 0 Å². The maximum atomic E-state index is 11.8. The van der Waals surface area contributed by atoms with Crippen molar-refractivity contribution in [2.45, 2.75) is 13.3 Å². The van der Waals surface area contributed by atoms with Crippen LogP contribution < -0.4 is 5.32 Å². The summed E-state index contributed by atoms with van der Waals surface area (Å²) in [6.07, 6.45) is 0.510. The molecule has 0 aliphatic carbocycles. The van der Waals surface area contributed by atoms with E-state index in [2.05, 4.69) is 15.5 Å². The molecule has 0 spiro atoms. The largest absolute Gasteiger partial charge is 0.351 e. The number of aromatic nitrogens is 2. The van der Waals surface area contributed by atoms with Gasteiger partial charge < -0.3 is 9.84 Å². The first kappa shape index (κ1) is 14.5.